The Morgan fingerprint density at radius 3 is 3.00 bits per heavy atom. The van der Waals surface area contributed by atoms with Crippen molar-refractivity contribution in [2.45, 2.75) is 38.3 Å². The van der Waals surface area contributed by atoms with E-state index in [2.05, 4.69) is 9.97 Å². The highest BCUT2D eigenvalue weighted by atomic mass is 16.5. The zero-order valence-electron chi connectivity index (χ0n) is 8.69. The van der Waals surface area contributed by atoms with Crippen molar-refractivity contribution in [3.8, 4) is 5.88 Å². The first-order chi connectivity index (χ1) is 7.17. The Morgan fingerprint density at radius 2 is 2.40 bits per heavy atom. The molecular formula is C10H15N3O2. The summed E-state index contributed by atoms with van der Waals surface area (Å²) in [6.07, 6.45) is 2.50. The van der Waals surface area contributed by atoms with Crippen LogP contribution in [0.1, 0.15) is 25.6 Å². The fraction of sp³-hybridized carbons (Fsp3) is 0.600. The highest BCUT2D eigenvalue weighted by Crippen LogP contribution is 2.22. The predicted octanol–water partition coefficient (Wildman–Crippen LogP) is 0.201. The molecule has 3 N–H and O–H groups in total. The van der Waals surface area contributed by atoms with Crippen molar-refractivity contribution in [3.05, 3.63) is 22.2 Å². The van der Waals surface area contributed by atoms with E-state index in [9.17, 15) is 4.79 Å². The maximum Gasteiger partial charge on any atom is 0.254 e. The van der Waals surface area contributed by atoms with E-state index in [1.54, 1.807) is 0 Å². The lowest BCUT2D eigenvalue weighted by atomic mass is 9.90. The van der Waals surface area contributed by atoms with Crippen LogP contribution in [0.2, 0.25) is 0 Å². The third-order valence-electron chi connectivity index (χ3n) is 2.52. The molecule has 5 nitrogen and oxygen atoms in total. The Hall–Kier alpha value is -1.36. The number of rotatable bonds is 3. The van der Waals surface area contributed by atoms with Crippen molar-refractivity contribution in [1.29, 1.82) is 0 Å². The van der Waals surface area contributed by atoms with Gasteiger partial charge < -0.3 is 15.5 Å². The van der Waals surface area contributed by atoms with E-state index in [1.807, 2.05) is 6.92 Å². The van der Waals surface area contributed by atoms with Crippen LogP contribution >= 0.6 is 0 Å². The standard InChI is InChI=1S/C10H15N3O2/c1-2-8-12-9(14)5-10(13-8)15-7-3-6(11)4-7/h5-7H,2-4,11H2,1H3,(H,12,13,14). The topological polar surface area (TPSA) is 81.0 Å². The molecule has 0 amide bonds. The SMILES string of the molecule is CCc1nc(OC2CC(N)C2)cc(=O)[nH]1. The van der Waals surface area contributed by atoms with Crippen molar-refractivity contribution in [3.63, 3.8) is 0 Å². The molecule has 15 heavy (non-hydrogen) atoms. The number of aromatic nitrogens is 2. The Kier molecular flexibility index (Phi) is 2.73. The number of ether oxygens (including phenoxy) is 1. The van der Waals surface area contributed by atoms with Gasteiger partial charge in [0.05, 0.1) is 6.07 Å². The lowest BCUT2D eigenvalue weighted by molar-refractivity contribution is 0.0953. The van der Waals surface area contributed by atoms with E-state index in [0.29, 0.717) is 18.1 Å². The molecular weight excluding hydrogens is 194 g/mol. The first kappa shape index (κ1) is 10.2. The number of aromatic amines is 1. The Balaban J connectivity index is 2.07. The van der Waals surface area contributed by atoms with E-state index in [4.69, 9.17) is 10.5 Å². The average Bonchev–Trinajstić information content (AvgIpc) is 2.14. The van der Waals surface area contributed by atoms with Crippen LogP contribution in [0.3, 0.4) is 0 Å². The van der Waals surface area contributed by atoms with E-state index in [0.717, 1.165) is 12.8 Å². The molecule has 82 valence electrons. The van der Waals surface area contributed by atoms with Crippen molar-refractivity contribution in [2.75, 3.05) is 0 Å². The van der Waals surface area contributed by atoms with E-state index in [-0.39, 0.29) is 17.7 Å². The molecule has 1 aromatic rings. The third-order valence-corrected chi connectivity index (χ3v) is 2.52. The number of nitrogens with one attached hydrogen (secondary N) is 1. The molecule has 0 radical (unpaired) electrons. The fourth-order valence-electron chi connectivity index (χ4n) is 1.58. The lowest BCUT2D eigenvalue weighted by Gasteiger charge is -2.32. The zero-order chi connectivity index (χ0) is 10.8. The van der Waals surface area contributed by atoms with Crippen LogP contribution in [0.15, 0.2) is 10.9 Å². The minimum atomic E-state index is -0.166. The summed E-state index contributed by atoms with van der Waals surface area (Å²) in [7, 11) is 0. The lowest BCUT2D eigenvalue weighted by Crippen LogP contribution is -2.43. The largest absolute Gasteiger partial charge is 0.474 e. The highest BCUT2D eigenvalue weighted by molar-refractivity contribution is 5.10. The summed E-state index contributed by atoms with van der Waals surface area (Å²) in [6, 6.07) is 1.62. The van der Waals surface area contributed by atoms with Crippen molar-refractivity contribution >= 4 is 0 Å². The Bertz CT molecular complexity index is 396. The summed E-state index contributed by atoms with van der Waals surface area (Å²) < 4.78 is 5.53. The smallest absolute Gasteiger partial charge is 0.254 e. The second-order valence-electron chi connectivity index (χ2n) is 3.86. The molecule has 0 unspecified atom stereocenters. The number of nitrogens with zero attached hydrogens (tertiary/aromatic N) is 1. The molecule has 1 aliphatic rings. The van der Waals surface area contributed by atoms with Crippen molar-refractivity contribution in [1.82, 2.24) is 9.97 Å². The van der Waals surface area contributed by atoms with Crippen molar-refractivity contribution in [2.24, 2.45) is 5.73 Å². The molecule has 1 fully saturated rings. The maximum atomic E-state index is 11.2. The maximum absolute atomic E-state index is 11.2. The summed E-state index contributed by atoms with van der Waals surface area (Å²) in [6.45, 7) is 1.93. The zero-order valence-corrected chi connectivity index (χ0v) is 8.69. The van der Waals surface area contributed by atoms with Gasteiger partial charge in [0.15, 0.2) is 0 Å². The van der Waals surface area contributed by atoms with Gasteiger partial charge in [0.2, 0.25) is 5.88 Å². The van der Waals surface area contributed by atoms with Gasteiger partial charge in [0, 0.05) is 12.5 Å². The first-order valence-electron chi connectivity index (χ1n) is 5.20. The summed E-state index contributed by atoms with van der Waals surface area (Å²) in [5, 5.41) is 0. The van der Waals surface area contributed by atoms with Gasteiger partial charge in [0.25, 0.3) is 5.56 Å². The third kappa shape index (κ3) is 2.36. The van der Waals surface area contributed by atoms with Gasteiger partial charge in [-0.15, -0.1) is 0 Å². The molecule has 0 aliphatic heterocycles. The van der Waals surface area contributed by atoms with Gasteiger partial charge in [-0.2, -0.15) is 0 Å². The van der Waals surface area contributed by atoms with Crippen LogP contribution in [0.5, 0.6) is 5.88 Å². The van der Waals surface area contributed by atoms with E-state index < -0.39 is 0 Å². The predicted molar refractivity (Wildman–Crippen MR) is 55.9 cm³/mol. The minimum absolute atomic E-state index is 0.124. The van der Waals surface area contributed by atoms with E-state index >= 15 is 0 Å². The average molecular weight is 209 g/mol. The molecule has 1 aromatic heterocycles. The fourth-order valence-corrected chi connectivity index (χ4v) is 1.58. The van der Waals surface area contributed by atoms with Gasteiger partial charge in [-0.3, -0.25) is 4.79 Å². The quantitative estimate of drug-likeness (QED) is 0.745. The Labute approximate surface area is 87.7 Å². The van der Waals surface area contributed by atoms with Crippen LogP contribution in [0, 0.1) is 0 Å². The van der Waals surface area contributed by atoms with Gasteiger partial charge in [-0.1, -0.05) is 6.92 Å². The van der Waals surface area contributed by atoms with Crippen molar-refractivity contribution < 1.29 is 4.74 Å². The molecule has 1 aliphatic carbocycles. The number of hydrogen-bond acceptors (Lipinski definition) is 4. The van der Waals surface area contributed by atoms with Gasteiger partial charge in [-0.05, 0) is 12.8 Å². The number of H-pyrrole nitrogens is 1. The summed E-state index contributed by atoms with van der Waals surface area (Å²) in [4.78, 5) is 18.0. The number of hydrogen-bond donors (Lipinski definition) is 2. The molecule has 0 aromatic carbocycles. The van der Waals surface area contributed by atoms with Crippen LogP contribution < -0.4 is 16.0 Å². The molecule has 0 bridgehead atoms. The molecule has 0 saturated heterocycles. The summed E-state index contributed by atoms with van der Waals surface area (Å²) in [5.74, 6) is 1.06. The van der Waals surface area contributed by atoms with Crippen LogP contribution in [-0.2, 0) is 6.42 Å². The second kappa shape index (κ2) is 4.02. The number of nitrogens with two attached hydrogens (primary N) is 1. The second-order valence-corrected chi connectivity index (χ2v) is 3.86. The molecule has 5 heteroatoms. The molecule has 1 heterocycles. The number of aryl methyl sites for hydroxylation is 1. The summed E-state index contributed by atoms with van der Waals surface area (Å²) in [5.41, 5.74) is 5.47. The molecule has 2 rings (SSSR count). The molecule has 1 saturated carbocycles. The van der Waals surface area contributed by atoms with Crippen LogP contribution in [0.25, 0.3) is 0 Å². The van der Waals surface area contributed by atoms with Gasteiger partial charge in [0.1, 0.15) is 11.9 Å². The molecule has 0 spiro atoms. The minimum Gasteiger partial charge on any atom is -0.474 e. The monoisotopic (exact) mass is 209 g/mol. The molecule has 0 atom stereocenters. The Morgan fingerprint density at radius 1 is 1.67 bits per heavy atom. The first-order valence-corrected chi connectivity index (χ1v) is 5.20. The normalized spacial score (nSPS) is 24.7. The summed E-state index contributed by atoms with van der Waals surface area (Å²) >= 11 is 0. The van der Waals surface area contributed by atoms with Gasteiger partial charge in [-0.25, -0.2) is 4.98 Å². The van der Waals surface area contributed by atoms with E-state index in [1.165, 1.54) is 6.07 Å². The van der Waals surface area contributed by atoms with Gasteiger partial charge >= 0.3 is 0 Å². The van der Waals surface area contributed by atoms with Crippen LogP contribution in [0.4, 0.5) is 0 Å². The highest BCUT2D eigenvalue weighted by Gasteiger charge is 2.28. The van der Waals surface area contributed by atoms with Crippen LogP contribution in [-0.4, -0.2) is 22.1 Å².